The molecular weight excluding hydrogens is 381 g/mol. The SMILES string of the molecule is CC1CC(COS(C)(=O)=O)CN(c2ccc(C(F)(F)F)c3ncccc23)C1. The molecule has 2 aromatic rings. The number of alkyl halides is 3. The molecule has 2 atom stereocenters. The molecule has 0 spiro atoms. The minimum atomic E-state index is -4.48. The van der Waals surface area contributed by atoms with Crippen LogP contribution in [-0.2, 0) is 20.5 Å². The summed E-state index contributed by atoms with van der Waals surface area (Å²) in [4.78, 5) is 5.95. The van der Waals surface area contributed by atoms with E-state index in [9.17, 15) is 21.6 Å². The molecule has 9 heteroatoms. The molecule has 2 heterocycles. The predicted molar refractivity (Wildman–Crippen MR) is 97.0 cm³/mol. The third-order valence-corrected chi connectivity index (χ3v) is 5.22. The number of aromatic nitrogens is 1. The summed E-state index contributed by atoms with van der Waals surface area (Å²) < 4.78 is 67.4. The Balaban J connectivity index is 1.94. The second-order valence-corrected chi connectivity index (χ2v) is 8.77. The van der Waals surface area contributed by atoms with Crippen LogP contribution in [0, 0.1) is 11.8 Å². The molecule has 3 rings (SSSR count). The van der Waals surface area contributed by atoms with E-state index in [0.29, 0.717) is 24.2 Å². The van der Waals surface area contributed by atoms with E-state index in [4.69, 9.17) is 4.18 Å². The number of nitrogens with zero attached hydrogens (tertiary/aromatic N) is 2. The van der Waals surface area contributed by atoms with E-state index in [2.05, 4.69) is 4.98 Å². The van der Waals surface area contributed by atoms with Crippen LogP contribution in [0.3, 0.4) is 0 Å². The molecule has 0 N–H and O–H groups in total. The Morgan fingerprint density at radius 3 is 2.67 bits per heavy atom. The van der Waals surface area contributed by atoms with Gasteiger partial charge in [-0.1, -0.05) is 6.92 Å². The minimum Gasteiger partial charge on any atom is -0.370 e. The number of fused-ring (bicyclic) bond motifs is 1. The van der Waals surface area contributed by atoms with E-state index >= 15 is 0 Å². The molecule has 148 valence electrons. The van der Waals surface area contributed by atoms with Gasteiger partial charge >= 0.3 is 6.18 Å². The summed E-state index contributed by atoms with van der Waals surface area (Å²) in [6.45, 7) is 3.28. The smallest absolute Gasteiger partial charge is 0.370 e. The average Bonchev–Trinajstić information content (AvgIpc) is 2.57. The van der Waals surface area contributed by atoms with Crippen LogP contribution in [-0.4, -0.2) is 39.4 Å². The Morgan fingerprint density at radius 1 is 1.26 bits per heavy atom. The summed E-state index contributed by atoms with van der Waals surface area (Å²) in [5.41, 5.74) is -0.171. The lowest BCUT2D eigenvalue weighted by Gasteiger charge is -2.38. The van der Waals surface area contributed by atoms with Gasteiger partial charge in [-0.05, 0) is 36.6 Å². The van der Waals surface area contributed by atoms with Gasteiger partial charge in [0, 0.05) is 36.3 Å². The van der Waals surface area contributed by atoms with Crippen LogP contribution in [0.1, 0.15) is 18.9 Å². The molecule has 1 saturated heterocycles. The third-order valence-electron chi connectivity index (χ3n) is 4.66. The first kappa shape index (κ1) is 19.9. The van der Waals surface area contributed by atoms with Crippen molar-refractivity contribution in [2.45, 2.75) is 19.5 Å². The van der Waals surface area contributed by atoms with Crippen LogP contribution in [0.15, 0.2) is 30.5 Å². The van der Waals surface area contributed by atoms with Gasteiger partial charge in [-0.25, -0.2) is 0 Å². The Morgan fingerprint density at radius 2 is 2.00 bits per heavy atom. The van der Waals surface area contributed by atoms with Crippen molar-refractivity contribution in [3.8, 4) is 0 Å². The number of rotatable bonds is 4. The van der Waals surface area contributed by atoms with E-state index in [1.54, 1.807) is 12.1 Å². The fourth-order valence-electron chi connectivity index (χ4n) is 3.68. The average molecular weight is 402 g/mol. The number of hydrogen-bond acceptors (Lipinski definition) is 5. The summed E-state index contributed by atoms with van der Waals surface area (Å²) >= 11 is 0. The van der Waals surface area contributed by atoms with Gasteiger partial charge in [-0.2, -0.15) is 21.6 Å². The number of pyridine rings is 1. The predicted octanol–water partition coefficient (Wildman–Crippen LogP) is 3.69. The van der Waals surface area contributed by atoms with Crippen molar-refractivity contribution < 1.29 is 25.8 Å². The van der Waals surface area contributed by atoms with E-state index in [1.807, 2.05) is 11.8 Å². The normalized spacial score (nSPS) is 21.6. The van der Waals surface area contributed by atoms with Gasteiger partial charge in [0.1, 0.15) is 0 Å². The summed E-state index contributed by atoms with van der Waals surface area (Å²) in [7, 11) is -3.53. The van der Waals surface area contributed by atoms with Crippen LogP contribution in [0.5, 0.6) is 0 Å². The molecule has 0 bridgehead atoms. The lowest BCUT2D eigenvalue weighted by molar-refractivity contribution is -0.136. The highest BCUT2D eigenvalue weighted by Crippen LogP contribution is 2.38. The van der Waals surface area contributed by atoms with Crippen molar-refractivity contribution >= 4 is 26.7 Å². The maximum atomic E-state index is 13.3. The first-order chi connectivity index (χ1) is 12.5. The molecule has 1 aliphatic rings. The zero-order valence-electron chi connectivity index (χ0n) is 15.0. The van der Waals surface area contributed by atoms with Crippen molar-refractivity contribution in [2.24, 2.45) is 11.8 Å². The van der Waals surface area contributed by atoms with E-state index < -0.39 is 21.9 Å². The molecule has 1 aromatic carbocycles. The second-order valence-electron chi connectivity index (χ2n) is 7.13. The first-order valence-electron chi connectivity index (χ1n) is 8.59. The molecule has 1 fully saturated rings. The number of anilines is 1. The molecule has 0 saturated carbocycles. The zero-order valence-corrected chi connectivity index (χ0v) is 15.8. The summed E-state index contributed by atoms with van der Waals surface area (Å²) in [5, 5.41) is 0.434. The lowest BCUT2D eigenvalue weighted by atomic mass is 9.90. The van der Waals surface area contributed by atoms with Crippen molar-refractivity contribution in [1.82, 2.24) is 4.98 Å². The van der Waals surface area contributed by atoms with Gasteiger partial charge in [0.05, 0.1) is 23.9 Å². The van der Waals surface area contributed by atoms with Gasteiger partial charge in [-0.15, -0.1) is 0 Å². The zero-order chi connectivity index (χ0) is 19.8. The monoisotopic (exact) mass is 402 g/mol. The van der Waals surface area contributed by atoms with Crippen molar-refractivity contribution in [1.29, 1.82) is 0 Å². The molecule has 0 amide bonds. The Kier molecular flexibility index (Phi) is 5.36. The highest BCUT2D eigenvalue weighted by molar-refractivity contribution is 7.85. The van der Waals surface area contributed by atoms with Crippen molar-refractivity contribution in [3.05, 3.63) is 36.0 Å². The van der Waals surface area contributed by atoms with Gasteiger partial charge in [0.2, 0.25) is 0 Å². The quantitative estimate of drug-likeness (QED) is 0.730. The molecular formula is C18H21F3N2O3S. The largest absolute Gasteiger partial charge is 0.418 e. The van der Waals surface area contributed by atoms with Crippen LogP contribution >= 0.6 is 0 Å². The Bertz CT molecular complexity index is 931. The van der Waals surface area contributed by atoms with Crippen molar-refractivity contribution in [3.63, 3.8) is 0 Å². The Labute approximate surface area is 156 Å². The summed E-state index contributed by atoms with van der Waals surface area (Å²) in [5.74, 6) is 0.221. The maximum absolute atomic E-state index is 13.3. The van der Waals surface area contributed by atoms with Gasteiger partial charge in [-0.3, -0.25) is 9.17 Å². The molecule has 27 heavy (non-hydrogen) atoms. The molecule has 2 unspecified atom stereocenters. The number of hydrogen-bond donors (Lipinski definition) is 0. The van der Waals surface area contributed by atoms with E-state index in [-0.39, 0.29) is 24.0 Å². The molecule has 1 aromatic heterocycles. The van der Waals surface area contributed by atoms with Crippen LogP contribution < -0.4 is 4.90 Å². The highest BCUT2D eigenvalue weighted by atomic mass is 32.2. The third kappa shape index (κ3) is 4.70. The van der Waals surface area contributed by atoms with Crippen LogP contribution in [0.25, 0.3) is 10.9 Å². The second kappa shape index (κ2) is 7.27. The van der Waals surface area contributed by atoms with Crippen molar-refractivity contribution in [2.75, 3.05) is 30.9 Å². The van der Waals surface area contributed by atoms with E-state index in [0.717, 1.165) is 18.7 Å². The maximum Gasteiger partial charge on any atom is 0.418 e. The highest BCUT2D eigenvalue weighted by Gasteiger charge is 2.34. The van der Waals surface area contributed by atoms with Crippen LogP contribution in [0.4, 0.5) is 18.9 Å². The number of benzene rings is 1. The van der Waals surface area contributed by atoms with Crippen LogP contribution in [0.2, 0.25) is 0 Å². The summed E-state index contributed by atoms with van der Waals surface area (Å²) in [6, 6.07) is 5.78. The van der Waals surface area contributed by atoms with Gasteiger partial charge in [0.25, 0.3) is 10.1 Å². The molecule has 5 nitrogen and oxygen atoms in total. The minimum absolute atomic E-state index is 0.0301. The Hall–Kier alpha value is -1.87. The fourth-order valence-corrected chi connectivity index (χ4v) is 4.12. The van der Waals surface area contributed by atoms with Gasteiger partial charge in [0.15, 0.2) is 0 Å². The van der Waals surface area contributed by atoms with E-state index in [1.165, 1.54) is 12.3 Å². The molecule has 1 aliphatic heterocycles. The standard InChI is InChI=1S/C18H21F3N2O3S/c1-12-8-13(11-26-27(2,24)25)10-23(9-12)16-6-5-15(18(19,20)21)17-14(16)4-3-7-22-17/h3-7,12-13H,8-11H2,1-2H3. The topological polar surface area (TPSA) is 59.5 Å². The summed E-state index contributed by atoms with van der Waals surface area (Å²) in [6.07, 6.45) is -1.33. The number of halogens is 3. The number of piperidine rings is 1. The fraction of sp³-hybridized carbons (Fsp3) is 0.500. The molecule has 0 radical (unpaired) electrons. The first-order valence-corrected chi connectivity index (χ1v) is 10.4. The van der Waals surface area contributed by atoms with Gasteiger partial charge < -0.3 is 4.90 Å². The molecule has 0 aliphatic carbocycles. The lowest BCUT2D eigenvalue weighted by Crippen LogP contribution is -2.41.